The molecule has 0 N–H and O–H groups in total. The summed E-state index contributed by atoms with van der Waals surface area (Å²) in [6.07, 6.45) is 0.785. The number of carbonyl (C=O) groups excluding carboxylic acids is 1. The first-order valence-corrected chi connectivity index (χ1v) is 7.26. The van der Waals surface area contributed by atoms with E-state index in [0.29, 0.717) is 0 Å². The van der Waals surface area contributed by atoms with Crippen LogP contribution in [0.25, 0.3) is 0 Å². The highest BCUT2D eigenvalue weighted by Gasteiger charge is 2.31. The van der Waals surface area contributed by atoms with Crippen LogP contribution in [0, 0.1) is 0 Å². The van der Waals surface area contributed by atoms with E-state index in [4.69, 9.17) is 11.6 Å². The van der Waals surface area contributed by atoms with Crippen LogP contribution in [0.3, 0.4) is 0 Å². The van der Waals surface area contributed by atoms with Gasteiger partial charge in [-0.1, -0.05) is 15.0 Å². The Morgan fingerprint density at radius 1 is 1.33 bits per heavy atom. The van der Waals surface area contributed by atoms with Crippen LogP contribution in [0.4, 0.5) is 0 Å². The molecule has 0 amide bonds. The largest absolute Gasteiger partial charge is 0.345 e. The fraction of sp³-hybridized carbons (Fsp3) is 0.800. The van der Waals surface area contributed by atoms with Crippen molar-refractivity contribution in [1.29, 1.82) is 0 Å². The van der Waals surface area contributed by atoms with Gasteiger partial charge in [0.15, 0.2) is 0 Å². The molecule has 0 radical (unpaired) electrons. The fourth-order valence-corrected chi connectivity index (χ4v) is 4.16. The standard InChI is InChI=1S/C5H9ClN2O5S2/c1-2-8(14(10,11)4-3-6)15(12,13)7-5-9/h2-4H2,1H3. The van der Waals surface area contributed by atoms with Crippen LogP contribution in [-0.4, -0.2) is 44.8 Å². The SMILES string of the molecule is CCN(S(=O)(=O)CCCl)S(=O)(=O)N=C=O. The van der Waals surface area contributed by atoms with Crippen molar-refractivity contribution >= 4 is 37.9 Å². The maximum atomic E-state index is 11.4. The van der Waals surface area contributed by atoms with Crippen LogP contribution in [0.1, 0.15) is 6.92 Å². The van der Waals surface area contributed by atoms with Crippen LogP contribution in [-0.2, 0) is 25.0 Å². The van der Waals surface area contributed by atoms with Crippen molar-refractivity contribution in [3.05, 3.63) is 0 Å². The Labute approximate surface area is 93.0 Å². The summed E-state index contributed by atoms with van der Waals surface area (Å²) in [5.41, 5.74) is 0. The number of hydrogen-bond donors (Lipinski definition) is 0. The molecular formula is C5H9ClN2O5S2. The normalized spacial score (nSPS) is 12.5. The number of halogens is 1. The second kappa shape index (κ2) is 5.57. The van der Waals surface area contributed by atoms with Crippen LogP contribution < -0.4 is 0 Å². The minimum absolute atomic E-state index is 0.104. The van der Waals surface area contributed by atoms with Crippen molar-refractivity contribution in [3.8, 4) is 0 Å². The van der Waals surface area contributed by atoms with Gasteiger partial charge in [-0.05, 0) is 0 Å². The molecule has 15 heavy (non-hydrogen) atoms. The van der Waals surface area contributed by atoms with Gasteiger partial charge >= 0.3 is 10.2 Å². The predicted octanol–water partition coefficient (Wildman–Crippen LogP) is -0.542. The topological polar surface area (TPSA) is 101 Å². The number of nitrogens with zero attached hydrogens (tertiary/aromatic N) is 2. The molecule has 0 bridgehead atoms. The lowest BCUT2D eigenvalue weighted by atomic mass is 10.8. The van der Waals surface area contributed by atoms with Gasteiger partial charge in [0.25, 0.3) is 6.08 Å². The lowest BCUT2D eigenvalue weighted by molar-refractivity contribution is 0.507. The first-order valence-electron chi connectivity index (χ1n) is 3.72. The molecule has 0 aliphatic heterocycles. The number of hydrogen-bond acceptors (Lipinski definition) is 5. The summed E-state index contributed by atoms with van der Waals surface area (Å²) < 4.78 is 47.6. The Morgan fingerprint density at radius 2 is 1.87 bits per heavy atom. The monoisotopic (exact) mass is 276 g/mol. The number of sulfonamides is 1. The van der Waals surface area contributed by atoms with Crippen molar-refractivity contribution in [2.24, 2.45) is 4.40 Å². The molecule has 10 heteroatoms. The van der Waals surface area contributed by atoms with Gasteiger partial charge < -0.3 is 0 Å². The van der Waals surface area contributed by atoms with Crippen LogP contribution in [0.15, 0.2) is 4.40 Å². The zero-order valence-corrected chi connectivity index (χ0v) is 10.1. The highest BCUT2D eigenvalue weighted by atomic mass is 35.5. The molecule has 0 saturated heterocycles. The number of rotatable bonds is 6. The average molecular weight is 277 g/mol. The van der Waals surface area contributed by atoms with Gasteiger partial charge in [-0.15, -0.1) is 11.6 Å². The lowest BCUT2D eigenvalue weighted by Gasteiger charge is -2.15. The molecule has 0 spiro atoms. The summed E-state index contributed by atoms with van der Waals surface area (Å²) >= 11 is 5.21. The summed E-state index contributed by atoms with van der Waals surface area (Å²) in [5, 5.41) is 0. The Balaban J connectivity index is 5.37. The Kier molecular flexibility index (Phi) is 5.39. The molecule has 0 atom stereocenters. The third-order valence-electron chi connectivity index (χ3n) is 1.31. The molecule has 88 valence electrons. The smallest absolute Gasteiger partial charge is 0.211 e. The Hall–Kier alpha value is -0.470. The van der Waals surface area contributed by atoms with E-state index in [2.05, 4.69) is 4.40 Å². The van der Waals surface area contributed by atoms with Gasteiger partial charge in [0.05, 0.1) is 5.75 Å². The summed E-state index contributed by atoms with van der Waals surface area (Å²) in [6.45, 7) is 0.941. The molecule has 0 heterocycles. The highest BCUT2D eigenvalue weighted by Crippen LogP contribution is 2.10. The van der Waals surface area contributed by atoms with Gasteiger partial charge in [0.2, 0.25) is 10.0 Å². The fourth-order valence-electron chi connectivity index (χ4n) is 0.795. The Bertz CT molecular complexity index is 450. The minimum atomic E-state index is -4.51. The third kappa shape index (κ3) is 3.88. The van der Waals surface area contributed by atoms with E-state index in [1.54, 1.807) is 0 Å². The van der Waals surface area contributed by atoms with Crippen LogP contribution in [0.5, 0.6) is 0 Å². The minimum Gasteiger partial charge on any atom is -0.211 e. The van der Waals surface area contributed by atoms with Crippen molar-refractivity contribution in [1.82, 2.24) is 3.71 Å². The lowest BCUT2D eigenvalue weighted by Crippen LogP contribution is -2.37. The van der Waals surface area contributed by atoms with E-state index < -0.39 is 26.0 Å². The maximum Gasteiger partial charge on any atom is 0.345 e. The van der Waals surface area contributed by atoms with E-state index in [0.717, 1.165) is 6.08 Å². The molecule has 0 fully saturated rings. The van der Waals surface area contributed by atoms with Gasteiger partial charge in [0.1, 0.15) is 0 Å². The molecule has 7 nitrogen and oxygen atoms in total. The first-order chi connectivity index (χ1) is 6.81. The zero-order chi connectivity index (χ0) is 12.1. The van der Waals surface area contributed by atoms with Crippen molar-refractivity contribution < 1.29 is 21.6 Å². The molecule has 0 aromatic heterocycles. The number of alkyl halides is 1. The summed E-state index contributed by atoms with van der Waals surface area (Å²) in [4.78, 5) is 9.81. The quantitative estimate of drug-likeness (QED) is 0.368. The van der Waals surface area contributed by atoms with Crippen molar-refractivity contribution in [3.63, 3.8) is 0 Å². The van der Waals surface area contributed by atoms with Crippen LogP contribution >= 0.6 is 11.6 Å². The van der Waals surface area contributed by atoms with E-state index in [1.807, 2.05) is 0 Å². The molecule has 0 rings (SSSR count). The van der Waals surface area contributed by atoms with Crippen molar-refractivity contribution in [2.45, 2.75) is 6.92 Å². The van der Waals surface area contributed by atoms with E-state index in [-0.39, 0.29) is 16.1 Å². The average Bonchev–Trinajstić information content (AvgIpc) is 2.02. The molecule has 0 aliphatic carbocycles. The van der Waals surface area contributed by atoms with E-state index >= 15 is 0 Å². The number of isocyanates is 1. The molecule has 0 unspecified atom stereocenters. The highest BCUT2D eigenvalue weighted by molar-refractivity contribution is 8.03. The summed E-state index contributed by atoms with van der Waals surface area (Å²) in [6, 6.07) is 0. The van der Waals surface area contributed by atoms with Gasteiger partial charge in [-0.3, -0.25) is 0 Å². The van der Waals surface area contributed by atoms with Gasteiger partial charge in [-0.25, -0.2) is 13.2 Å². The van der Waals surface area contributed by atoms with Gasteiger partial charge in [0, 0.05) is 12.4 Å². The summed E-state index contributed by atoms with van der Waals surface area (Å²) in [7, 11) is -8.58. The van der Waals surface area contributed by atoms with Crippen molar-refractivity contribution in [2.75, 3.05) is 18.2 Å². The second-order valence-electron chi connectivity index (χ2n) is 2.25. The van der Waals surface area contributed by atoms with Gasteiger partial charge in [-0.2, -0.15) is 8.42 Å². The van der Waals surface area contributed by atoms with Crippen LogP contribution in [0.2, 0.25) is 0 Å². The van der Waals surface area contributed by atoms with E-state index in [9.17, 15) is 21.6 Å². The molecule has 0 aliphatic rings. The molecule has 0 aromatic carbocycles. The Morgan fingerprint density at radius 3 is 2.20 bits per heavy atom. The second-order valence-corrected chi connectivity index (χ2v) is 6.40. The molecular weight excluding hydrogens is 268 g/mol. The maximum absolute atomic E-state index is 11.4. The third-order valence-corrected chi connectivity index (χ3v) is 5.65. The molecule has 0 saturated carbocycles. The zero-order valence-electron chi connectivity index (χ0n) is 7.75. The van der Waals surface area contributed by atoms with E-state index in [1.165, 1.54) is 6.92 Å². The first kappa shape index (κ1) is 14.5. The summed E-state index contributed by atoms with van der Waals surface area (Å²) in [5.74, 6) is -0.796. The predicted molar refractivity (Wildman–Crippen MR) is 53.9 cm³/mol. The molecule has 0 aromatic rings.